The highest BCUT2D eigenvalue weighted by Crippen LogP contribution is 2.63. The third-order valence-corrected chi connectivity index (χ3v) is 30.9. The van der Waals surface area contributed by atoms with E-state index in [0.717, 1.165) is 34.1 Å². The lowest BCUT2D eigenvalue weighted by molar-refractivity contribution is 0.659. The van der Waals surface area contributed by atoms with Crippen molar-refractivity contribution in [3.05, 3.63) is 515 Å². The van der Waals surface area contributed by atoms with Crippen LogP contribution in [0.15, 0.2) is 437 Å². The topological polar surface area (TPSA) is 6.48 Å². The Balaban J connectivity index is 0.000000146. The second-order valence-electron chi connectivity index (χ2n) is 39.7. The highest BCUT2D eigenvalue weighted by molar-refractivity contribution is 6.00. The Bertz CT molecular complexity index is 7840. The van der Waals surface area contributed by atoms with Crippen LogP contribution in [-0.2, 0) is 32.5 Å². The highest BCUT2D eigenvalue weighted by atomic mass is 15.2. The summed E-state index contributed by atoms with van der Waals surface area (Å²) in [5, 5.41) is 0. The van der Waals surface area contributed by atoms with E-state index in [1.165, 1.54) is 200 Å². The Morgan fingerprint density at radius 1 is 0.144 bits per heavy atom. The molecule has 2 nitrogen and oxygen atoms in total. The Morgan fingerprint density at radius 3 is 0.848 bits per heavy atom. The molecule has 0 bridgehead atoms. The van der Waals surface area contributed by atoms with Gasteiger partial charge in [0.05, 0.1) is 11.1 Å². The van der Waals surface area contributed by atoms with Gasteiger partial charge >= 0.3 is 0 Å². The molecule has 0 aliphatic heterocycles. The van der Waals surface area contributed by atoms with Crippen LogP contribution in [0.5, 0.6) is 0 Å². The van der Waals surface area contributed by atoms with Crippen LogP contribution in [0.4, 0.5) is 34.1 Å². The maximum Gasteiger partial charge on any atom is 0.0714 e. The van der Waals surface area contributed by atoms with Crippen molar-refractivity contribution >= 4 is 34.1 Å². The molecule has 0 spiro atoms. The van der Waals surface area contributed by atoms with Gasteiger partial charge in [0.25, 0.3) is 0 Å². The second kappa shape index (κ2) is 30.2. The molecule has 132 heavy (non-hydrogen) atoms. The highest BCUT2D eigenvalue weighted by Gasteiger charge is 2.49. The average molecular weight is 1690 g/mol. The smallest absolute Gasteiger partial charge is 0.0714 e. The van der Waals surface area contributed by atoms with E-state index in [1.54, 1.807) is 0 Å². The van der Waals surface area contributed by atoms with Gasteiger partial charge in [-0.1, -0.05) is 421 Å². The first-order chi connectivity index (χ1) is 64.3. The third-order valence-electron chi connectivity index (χ3n) is 30.9. The van der Waals surface area contributed by atoms with Gasteiger partial charge in [0.15, 0.2) is 0 Å². The summed E-state index contributed by atoms with van der Waals surface area (Å²) in [7, 11) is 0. The van der Waals surface area contributed by atoms with Crippen molar-refractivity contribution in [3.8, 4) is 122 Å². The van der Waals surface area contributed by atoms with Crippen LogP contribution < -0.4 is 9.80 Å². The molecule has 0 heterocycles. The second-order valence-corrected chi connectivity index (χ2v) is 39.7. The van der Waals surface area contributed by atoms with E-state index in [2.05, 4.69) is 516 Å². The average Bonchev–Trinajstić information content (AvgIpc) is 1.52. The summed E-state index contributed by atoms with van der Waals surface area (Å²) in [5.41, 5.74) is 52.6. The Labute approximate surface area is 777 Å². The zero-order chi connectivity index (χ0) is 89.3. The van der Waals surface area contributed by atoms with E-state index < -0.39 is 5.41 Å². The van der Waals surface area contributed by atoms with Gasteiger partial charge < -0.3 is 9.80 Å². The molecule has 0 unspecified atom stereocenters. The number of hydrogen-bond acceptors (Lipinski definition) is 2. The number of benzene rings is 19. The standard InChI is InChI=1S/C67H51N.C63H51N/c1-65(2)59-29-17-15-26-57(59)64-52(27-18-30-60(64)65)46-33-38-55-56-40-37-51(43-63(56)67(62(55)41-46,47-21-10-6-11-22-47)48-23-12-7-13-24-48)68(49-34-31-45(32-35-49)44-19-8-5-9-20-44)50-36-39-54-53-25-14-16-28-58(53)66(3,4)61(54)42-50;1-61(2)54-26-16-14-23-51(54)60-46(24-17-27-55(60)61)43-28-32-48-50-34-31-45(39-58(50)63(5,6)56(48)37-43)64(44-30-33-49-47-22-13-15-25-53(47)62(3,4)57(49)38-44)59-35-29-42(40-18-9-7-10-19-40)36-52(59)41-20-11-8-12-21-41/h5-43H,1-4H3;7-39H,1-6H3. The summed E-state index contributed by atoms with van der Waals surface area (Å²) in [4.78, 5) is 5.00. The zero-order valence-corrected chi connectivity index (χ0v) is 76.5. The number of fused-ring (bicyclic) bond motifs is 18. The van der Waals surface area contributed by atoms with Crippen molar-refractivity contribution in [3.63, 3.8) is 0 Å². The van der Waals surface area contributed by atoms with Crippen LogP contribution >= 0.6 is 0 Å². The monoisotopic (exact) mass is 1690 g/mol. The minimum atomic E-state index is -0.612. The molecule has 0 amide bonds. The Hall–Kier alpha value is -15.2. The van der Waals surface area contributed by atoms with Crippen molar-refractivity contribution in [2.24, 2.45) is 0 Å². The molecule has 0 N–H and O–H groups in total. The Morgan fingerprint density at radius 2 is 0.409 bits per heavy atom. The molecule has 25 rings (SSSR count). The van der Waals surface area contributed by atoms with Gasteiger partial charge in [-0.3, -0.25) is 0 Å². The van der Waals surface area contributed by atoms with Crippen molar-refractivity contribution in [2.45, 2.75) is 102 Å². The molecule has 6 aliphatic rings. The molecule has 632 valence electrons. The fraction of sp³-hybridized carbons (Fsp3) is 0.123. The fourth-order valence-electron chi connectivity index (χ4n) is 24.2. The van der Waals surface area contributed by atoms with E-state index >= 15 is 0 Å². The molecule has 2 heteroatoms. The summed E-state index contributed by atoms with van der Waals surface area (Å²) in [6.45, 7) is 23.8. The SMILES string of the molecule is CC1(C)c2ccccc2-c2ccc(N(c3ccc(-c4ccccc4)cc3)c3ccc4c(c3)C(c3ccccc3)(c3ccccc3)c3cc(-c5cccc6c5-c5ccccc5C6(C)C)ccc3-4)cc21.CC1(C)c2ccccc2-c2ccc(N(c3ccc4c(c3)C(C)(C)c3cc(-c5cccc6c5-c5ccccc5C6(C)C)ccc3-4)c3ccc(-c4ccccc4)cc3-c3ccccc3)cc21. The fourth-order valence-corrected chi connectivity index (χ4v) is 24.2. The van der Waals surface area contributed by atoms with Crippen molar-refractivity contribution in [2.75, 3.05) is 9.80 Å². The molecular formula is C130H102N2. The van der Waals surface area contributed by atoms with Crippen LogP contribution in [0, 0.1) is 0 Å². The molecule has 0 saturated heterocycles. The van der Waals surface area contributed by atoms with Gasteiger partial charge in [0.1, 0.15) is 0 Å². The maximum absolute atomic E-state index is 2.53. The van der Waals surface area contributed by atoms with Gasteiger partial charge in [0, 0.05) is 61.1 Å². The first-order valence-electron chi connectivity index (χ1n) is 46.9. The minimum absolute atomic E-state index is 0.0444. The molecule has 0 atom stereocenters. The van der Waals surface area contributed by atoms with Gasteiger partial charge in [0.2, 0.25) is 0 Å². The van der Waals surface area contributed by atoms with Crippen LogP contribution in [0.1, 0.15) is 147 Å². The summed E-state index contributed by atoms with van der Waals surface area (Å²) >= 11 is 0. The number of anilines is 6. The lowest BCUT2D eigenvalue weighted by atomic mass is 9.67. The summed E-state index contributed by atoms with van der Waals surface area (Å²) in [5.74, 6) is 0. The molecular weight excluding hydrogens is 1590 g/mol. The molecule has 0 fully saturated rings. The maximum atomic E-state index is 2.53. The molecule has 19 aromatic rings. The number of rotatable bonds is 13. The first-order valence-corrected chi connectivity index (χ1v) is 46.9. The number of hydrogen-bond donors (Lipinski definition) is 0. The van der Waals surface area contributed by atoms with E-state index in [9.17, 15) is 0 Å². The lowest BCUT2D eigenvalue weighted by Crippen LogP contribution is -2.29. The summed E-state index contributed by atoms with van der Waals surface area (Å²) in [6.07, 6.45) is 0. The molecule has 6 aliphatic carbocycles. The Kier molecular flexibility index (Phi) is 18.3. The third kappa shape index (κ3) is 12.1. The normalized spacial score (nSPS) is 15.0. The molecule has 19 aromatic carbocycles. The summed E-state index contributed by atoms with van der Waals surface area (Å²) in [6, 6.07) is 164. The predicted molar refractivity (Wildman–Crippen MR) is 555 cm³/mol. The molecule has 0 saturated carbocycles. The minimum Gasteiger partial charge on any atom is -0.310 e. The van der Waals surface area contributed by atoms with E-state index in [0.29, 0.717) is 0 Å². The quantitative estimate of drug-likeness (QED) is 0.114. The predicted octanol–water partition coefficient (Wildman–Crippen LogP) is 34.5. The van der Waals surface area contributed by atoms with Gasteiger partial charge in [-0.05, 0) is 280 Å². The van der Waals surface area contributed by atoms with Crippen molar-refractivity contribution in [1.29, 1.82) is 0 Å². The van der Waals surface area contributed by atoms with Gasteiger partial charge in [-0.2, -0.15) is 0 Å². The van der Waals surface area contributed by atoms with Crippen molar-refractivity contribution in [1.82, 2.24) is 0 Å². The largest absolute Gasteiger partial charge is 0.310 e. The molecule has 0 aromatic heterocycles. The zero-order valence-electron chi connectivity index (χ0n) is 76.5. The van der Waals surface area contributed by atoms with E-state index in [-0.39, 0.29) is 27.1 Å². The lowest BCUT2D eigenvalue weighted by Gasteiger charge is -2.35. The van der Waals surface area contributed by atoms with Crippen LogP contribution in [0.2, 0.25) is 0 Å². The van der Waals surface area contributed by atoms with E-state index in [4.69, 9.17) is 0 Å². The van der Waals surface area contributed by atoms with Crippen LogP contribution in [-0.4, -0.2) is 0 Å². The number of nitrogens with zero attached hydrogens (tertiary/aromatic N) is 2. The van der Waals surface area contributed by atoms with Gasteiger partial charge in [-0.15, -0.1) is 0 Å². The van der Waals surface area contributed by atoms with Crippen molar-refractivity contribution < 1.29 is 0 Å². The van der Waals surface area contributed by atoms with E-state index in [1.807, 2.05) is 0 Å². The summed E-state index contributed by atoms with van der Waals surface area (Å²) < 4.78 is 0. The van der Waals surface area contributed by atoms with Crippen LogP contribution in [0.25, 0.3) is 122 Å². The van der Waals surface area contributed by atoms with Crippen LogP contribution in [0.3, 0.4) is 0 Å². The van der Waals surface area contributed by atoms with Gasteiger partial charge in [-0.25, -0.2) is 0 Å². The first kappa shape index (κ1) is 80.1. The molecule has 0 radical (unpaired) electrons.